The van der Waals surface area contributed by atoms with Crippen molar-refractivity contribution >= 4 is 60.0 Å². The molecule has 3 nitrogen and oxygen atoms in total. The summed E-state index contributed by atoms with van der Waals surface area (Å²) in [6.45, 7) is 0. The molecule has 0 unspecified atom stereocenters. The van der Waals surface area contributed by atoms with Crippen LogP contribution in [0.3, 0.4) is 0 Å². The summed E-state index contributed by atoms with van der Waals surface area (Å²) in [6, 6.07) is 39.1. The highest BCUT2D eigenvalue weighted by Crippen LogP contribution is 2.38. The van der Waals surface area contributed by atoms with E-state index in [4.69, 9.17) is 4.98 Å². The van der Waals surface area contributed by atoms with E-state index in [0.717, 1.165) is 22.5 Å². The molecule has 0 amide bonds. The zero-order valence-corrected chi connectivity index (χ0v) is 18.3. The number of nitrogens with zero attached hydrogens (tertiary/aromatic N) is 3. The topological polar surface area (TPSA) is 22.2 Å². The Morgan fingerprint density at radius 2 is 1.09 bits per heavy atom. The fraction of sp³-hybridized carbons (Fsp3) is 0. The summed E-state index contributed by atoms with van der Waals surface area (Å²) in [6.07, 6.45) is 2.10. The molecular formula is C31H19N3. The molecule has 34 heavy (non-hydrogen) atoms. The van der Waals surface area contributed by atoms with Crippen LogP contribution in [-0.4, -0.2) is 14.0 Å². The van der Waals surface area contributed by atoms with Gasteiger partial charge in [-0.25, -0.2) is 4.98 Å². The molecule has 0 N–H and O–H groups in total. The van der Waals surface area contributed by atoms with E-state index in [1.54, 1.807) is 0 Å². The molecule has 0 spiro atoms. The Morgan fingerprint density at radius 1 is 0.500 bits per heavy atom. The highest BCUT2D eigenvalue weighted by Gasteiger charge is 2.18. The van der Waals surface area contributed by atoms with E-state index in [2.05, 4.69) is 118 Å². The zero-order chi connectivity index (χ0) is 22.2. The number of hydrogen-bond donors (Lipinski definition) is 0. The van der Waals surface area contributed by atoms with Crippen LogP contribution < -0.4 is 0 Å². The molecule has 0 aliphatic rings. The van der Waals surface area contributed by atoms with Crippen molar-refractivity contribution < 1.29 is 0 Å². The fourth-order valence-corrected chi connectivity index (χ4v) is 5.66. The minimum Gasteiger partial charge on any atom is -0.294 e. The first-order chi connectivity index (χ1) is 16.9. The Kier molecular flexibility index (Phi) is 3.39. The van der Waals surface area contributed by atoms with E-state index in [1.807, 2.05) is 6.07 Å². The third-order valence-electron chi connectivity index (χ3n) is 7.10. The molecule has 0 radical (unpaired) electrons. The smallest absolute Gasteiger partial charge is 0.150 e. The molecule has 0 atom stereocenters. The monoisotopic (exact) mass is 433 g/mol. The number of pyridine rings is 1. The van der Waals surface area contributed by atoms with Crippen molar-refractivity contribution in [2.75, 3.05) is 0 Å². The second-order valence-electron chi connectivity index (χ2n) is 8.89. The van der Waals surface area contributed by atoms with Crippen LogP contribution in [0.25, 0.3) is 65.7 Å². The first-order valence-corrected chi connectivity index (χ1v) is 11.6. The van der Waals surface area contributed by atoms with Gasteiger partial charge in [0.25, 0.3) is 0 Å². The Balaban J connectivity index is 1.57. The molecule has 0 aliphatic carbocycles. The van der Waals surface area contributed by atoms with Gasteiger partial charge in [0.05, 0.1) is 5.52 Å². The number of para-hydroxylation sites is 1. The highest BCUT2D eigenvalue weighted by molar-refractivity contribution is 6.25. The lowest BCUT2D eigenvalue weighted by atomic mass is 9.94. The molecule has 0 fully saturated rings. The van der Waals surface area contributed by atoms with E-state index in [0.29, 0.717) is 0 Å². The number of aromatic nitrogens is 3. The standard InChI is InChI=1S/C31H19N3/c1-2-11-23-21(9-1)22-10-3-4-12-24(22)27-19-20(16-17-25(23)27)34-28-14-6-5-13-26(28)30-31(34)33-18-8-7-15-29(33)32-30/h1-19H. The van der Waals surface area contributed by atoms with Gasteiger partial charge in [-0.05, 0) is 62.6 Å². The lowest BCUT2D eigenvalue weighted by Gasteiger charge is -2.13. The summed E-state index contributed by atoms with van der Waals surface area (Å²) < 4.78 is 4.55. The van der Waals surface area contributed by atoms with Gasteiger partial charge in [0.1, 0.15) is 11.2 Å². The molecule has 0 bridgehead atoms. The molecule has 8 aromatic rings. The zero-order valence-electron chi connectivity index (χ0n) is 18.3. The molecule has 3 heterocycles. The average Bonchev–Trinajstić information content (AvgIpc) is 3.43. The number of hydrogen-bond acceptors (Lipinski definition) is 1. The predicted octanol–water partition coefficient (Wildman–Crippen LogP) is 7.89. The molecule has 8 rings (SSSR count). The van der Waals surface area contributed by atoms with Gasteiger partial charge in [-0.1, -0.05) is 78.9 Å². The minimum atomic E-state index is 0.962. The fourth-order valence-electron chi connectivity index (χ4n) is 5.66. The minimum absolute atomic E-state index is 0.962. The van der Waals surface area contributed by atoms with Gasteiger partial charge in [-0.3, -0.25) is 8.97 Å². The molecule has 0 aliphatic heterocycles. The Hall–Kier alpha value is -4.63. The Bertz CT molecular complexity index is 2030. The van der Waals surface area contributed by atoms with Crippen molar-refractivity contribution in [2.24, 2.45) is 0 Å². The summed E-state index contributed by atoms with van der Waals surface area (Å²) >= 11 is 0. The van der Waals surface area contributed by atoms with Gasteiger partial charge in [-0.15, -0.1) is 0 Å². The second kappa shape index (κ2) is 6.46. The van der Waals surface area contributed by atoms with E-state index in [9.17, 15) is 0 Å². The number of benzene rings is 5. The summed E-state index contributed by atoms with van der Waals surface area (Å²) in [7, 11) is 0. The van der Waals surface area contributed by atoms with Crippen molar-refractivity contribution in [1.29, 1.82) is 0 Å². The molecule has 3 heteroatoms. The van der Waals surface area contributed by atoms with Crippen molar-refractivity contribution in [2.45, 2.75) is 0 Å². The number of imidazole rings is 1. The van der Waals surface area contributed by atoms with Crippen molar-refractivity contribution in [3.05, 3.63) is 115 Å². The van der Waals surface area contributed by atoms with Crippen molar-refractivity contribution in [1.82, 2.24) is 14.0 Å². The maximum Gasteiger partial charge on any atom is 0.150 e. The van der Waals surface area contributed by atoms with Gasteiger partial charge in [0.15, 0.2) is 5.65 Å². The third kappa shape index (κ3) is 2.23. The largest absolute Gasteiger partial charge is 0.294 e. The average molecular weight is 434 g/mol. The predicted molar refractivity (Wildman–Crippen MR) is 142 cm³/mol. The second-order valence-corrected chi connectivity index (χ2v) is 8.89. The molecule has 5 aromatic carbocycles. The normalized spacial score (nSPS) is 12.1. The highest BCUT2D eigenvalue weighted by atomic mass is 15.1. The molecule has 0 saturated carbocycles. The van der Waals surface area contributed by atoms with Gasteiger partial charge in [-0.2, -0.15) is 0 Å². The van der Waals surface area contributed by atoms with E-state index in [-0.39, 0.29) is 0 Å². The third-order valence-corrected chi connectivity index (χ3v) is 7.10. The van der Waals surface area contributed by atoms with Gasteiger partial charge >= 0.3 is 0 Å². The summed E-state index contributed by atoms with van der Waals surface area (Å²) in [4.78, 5) is 4.98. The Labute approximate surface area is 195 Å². The van der Waals surface area contributed by atoms with Crippen LogP contribution in [0, 0.1) is 0 Å². The first kappa shape index (κ1) is 17.9. The van der Waals surface area contributed by atoms with Crippen molar-refractivity contribution in [3.8, 4) is 5.69 Å². The molecule has 158 valence electrons. The molecular weight excluding hydrogens is 414 g/mol. The van der Waals surface area contributed by atoms with Gasteiger partial charge in [0, 0.05) is 17.3 Å². The Morgan fingerprint density at radius 3 is 1.82 bits per heavy atom. The van der Waals surface area contributed by atoms with Crippen LogP contribution >= 0.6 is 0 Å². The summed E-state index contributed by atoms with van der Waals surface area (Å²) in [5.41, 5.74) is 5.41. The maximum atomic E-state index is 4.98. The quantitative estimate of drug-likeness (QED) is 0.241. The maximum absolute atomic E-state index is 4.98. The first-order valence-electron chi connectivity index (χ1n) is 11.6. The molecule has 3 aromatic heterocycles. The van der Waals surface area contributed by atoms with Crippen LogP contribution in [0.5, 0.6) is 0 Å². The number of fused-ring (bicyclic) bond motifs is 11. The van der Waals surface area contributed by atoms with Crippen LogP contribution in [0.1, 0.15) is 0 Å². The SMILES string of the molecule is c1ccc2c(c1)c1ccccc1c1cc(-n3c4ccccc4c4nc5ccccn5c43)ccc21. The van der Waals surface area contributed by atoms with Crippen molar-refractivity contribution in [3.63, 3.8) is 0 Å². The summed E-state index contributed by atoms with van der Waals surface area (Å²) in [5, 5.41) is 8.89. The molecule has 0 saturated heterocycles. The van der Waals surface area contributed by atoms with Crippen LogP contribution in [-0.2, 0) is 0 Å². The van der Waals surface area contributed by atoms with Crippen LogP contribution in [0.2, 0.25) is 0 Å². The lowest BCUT2D eigenvalue weighted by molar-refractivity contribution is 1.10. The van der Waals surface area contributed by atoms with E-state index >= 15 is 0 Å². The number of rotatable bonds is 1. The van der Waals surface area contributed by atoms with Crippen LogP contribution in [0.4, 0.5) is 0 Å². The summed E-state index contributed by atoms with van der Waals surface area (Å²) in [5.74, 6) is 0. The van der Waals surface area contributed by atoms with Crippen LogP contribution in [0.15, 0.2) is 115 Å². The van der Waals surface area contributed by atoms with Gasteiger partial charge < -0.3 is 0 Å². The van der Waals surface area contributed by atoms with Gasteiger partial charge in [0.2, 0.25) is 0 Å². The van der Waals surface area contributed by atoms with E-state index < -0.39 is 0 Å². The van der Waals surface area contributed by atoms with E-state index in [1.165, 1.54) is 43.2 Å². The lowest BCUT2D eigenvalue weighted by Crippen LogP contribution is -1.97.